The third-order valence-corrected chi connectivity index (χ3v) is 5.50. The maximum absolute atomic E-state index is 12.2. The number of nitrogens with one attached hydrogen (secondary N) is 1. The number of halogens is 2. The average molecular weight is 436 g/mol. The van der Waals surface area contributed by atoms with Crippen LogP contribution < -0.4 is 10.1 Å². The van der Waals surface area contributed by atoms with Gasteiger partial charge in [-0.05, 0) is 59.3 Å². The molecule has 0 radical (unpaired) electrons. The number of nitrogens with zero attached hydrogens (tertiary/aromatic N) is 1. The molecule has 4 rings (SSSR count). The van der Waals surface area contributed by atoms with Crippen molar-refractivity contribution in [3.8, 4) is 5.75 Å². The van der Waals surface area contributed by atoms with Crippen LogP contribution in [0.5, 0.6) is 5.75 Å². The molecule has 0 unspecified atom stereocenters. The minimum atomic E-state index is -0.159. The number of ether oxygens (including phenoxy) is 1. The lowest BCUT2D eigenvalue weighted by atomic mass is 10.1. The van der Waals surface area contributed by atoms with E-state index < -0.39 is 0 Å². The Balaban J connectivity index is 1.58. The van der Waals surface area contributed by atoms with Crippen LogP contribution in [0.15, 0.2) is 50.8 Å². The first-order valence-electron chi connectivity index (χ1n) is 7.59. The Morgan fingerprint density at radius 2 is 2.16 bits per heavy atom. The van der Waals surface area contributed by atoms with Crippen LogP contribution in [0.25, 0.3) is 6.08 Å². The predicted molar refractivity (Wildman–Crippen MR) is 106 cm³/mol. The molecule has 0 bridgehead atoms. The molecule has 2 aliphatic heterocycles. The minimum Gasteiger partial charge on any atom is -0.493 e. The summed E-state index contributed by atoms with van der Waals surface area (Å²) in [5.74, 6) is 0.770. The van der Waals surface area contributed by atoms with Crippen LogP contribution in [0.1, 0.15) is 11.1 Å². The molecule has 126 valence electrons. The van der Waals surface area contributed by atoms with Gasteiger partial charge in [-0.2, -0.15) is 0 Å². The Morgan fingerprint density at radius 3 is 3.00 bits per heavy atom. The van der Waals surface area contributed by atoms with Crippen molar-refractivity contribution in [3.63, 3.8) is 0 Å². The van der Waals surface area contributed by atoms with E-state index in [0.717, 1.165) is 28.8 Å². The number of benzene rings is 2. The summed E-state index contributed by atoms with van der Waals surface area (Å²) in [5.41, 5.74) is 2.77. The van der Waals surface area contributed by atoms with Crippen LogP contribution in [0.2, 0.25) is 5.02 Å². The predicted octanol–water partition coefficient (Wildman–Crippen LogP) is 4.93. The summed E-state index contributed by atoms with van der Waals surface area (Å²) < 4.78 is 6.39. The van der Waals surface area contributed by atoms with Gasteiger partial charge in [-0.1, -0.05) is 33.6 Å². The van der Waals surface area contributed by atoms with Gasteiger partial charge in [0.25, 0.3) is 5.91 Å². The largest absolute Gasteiger partial charge is 0.493 e. The number of hydrogen-bond acceptors (Lipinski definition) is 4. The third-order valence-electron chi connectivity index (χ3n) is 3.79. The van der Waals surface area contributed by atoms with Crippen LogP contribution >= 0.6 is 39.3 Å². The average Bonchev–Trinajstić information content (AvgIpc) is 3.17. The highest BCUT2D eigenvalue weighted by molar-refractivity contribution is 9.10. The van der Waals surface area contributed by atoms with Crippen molar-refractivity contribution in [2.45, 2.75) is 6.42 Å². The molecule has 0 aromatic heterocycles. The molecule has 7 heteroatoms. The number of thioether (sulfide) groups is 1. The van der Waals surface area contributed by atoms with Crippen molar-refractivity contribution >= 4 is 62.1 Å². The summed E-state index contributed by atoms with van der Waals surface area (Å²) in [6, 6.07) is 11.4. The number of carbonyl (C=O) groups is 1. The van der Waals surface area contributed by atoms with E-state index in [2.05, 4.69) is 32.3 Å². The molecule has 2 aromatic carbocycles. The van der Waals surface area contributed by atoms with Crippen LogP contribution in [-0.2, 0) is 11.2 Å². The highest BCUT2D eigenvalue weighted by atomic mass is 79.9. The van der Waals surface area contributed by atoms with E-state index >= 15 is 0 Å². The monoisotopic (exact) mass is 434 g/mol. The highest BCUT2D eigenvalue weighted by Crippen LogP contribution is 2.33. The molecule has 1 N–H and O–H groups in total. The lowest BCUT2D eigenvalue weighted by Gasteiger charge is -2.00. The number of amides is 1. The van der Waals surface area contributed by atoms with E-state index in [1.54, 1.807) is 12.1 Å². The van der Waals surface area contributed by atoms with Crippen molar-refractivity contribution in [1.82, 2.24) is 5.32 Å². The maximum Gasteiger partial charge on any atom is 0.264 e. The van der Waals surface area contributed by atoms with Gasteiger partial charge in [-0.15, -0.1) is 0 Å². The number of hydrogen-bond donors (Lipinski definition) is 1. The highest BCUT2D eigenvalue weighted by Gasteiger charge is 2.24. The van der Waals surface area contributed by atoms with Gasteiger partial charge >= 0.3 is 0 Å². The molecule has 2 heterocycles. The molecule has 4 nitrogen and oxygen atoms in total. The molecule has 0 aliphatic carbocycles. The standard InChI is InChI=1S/C18H12BrClN2O2S/c19-12-2-3-14(13(20)9-12)21-18-22-17(23)16(25-18)8-10-1-4-15-11(7-10)5-6-24-15/h1-4,7-9H,5-6H2,(H,21,22,23)/b16-8+. The van der Waals surface area contributed by atoms with Gasteiger partial charge in [0.15, 0.2) is 5.17 Å². The van der Waals surface area contributed by atoms with E-state index in [1.807, 2.05) is 24.3 Å². The van der Waals surface area contributed by atoms with Crippen molar-refractivity contribution in [1.29, 1.82) is 0 Å². The lowest BCUT2D eigenvalue weighted by molar-refractivity contribution is -0.115. The first kappa shape index (κ1) is 16.7. The SMILES string of the molecule is O=C1NC(=Nc2ccc(Br)cc2Cl)S/C1=C/c1ccc2c(c1)CCO2. The second-order valence-electron chi connectivity index (χ2n) is 5.54. The van der Waals surface area contributed by atoms with Gasteiger partial charge in [0.05, 0.1) is 22.2 Å². The van der Waals surface area contributed by atoms with Gasteiger partial charge < -0.3 is 10.1 Å². The summed E-state index contributed by atoms with van der Waals surface area (Å²) in [6.07, 6.45) is 2.77. The van der Waals surface area contributed by atoms with E-state index in [1.165, 1.54) is 17.3 Å². The molecular weight excluding hydrogens is 424 g/mol. The molecule has 0 saturated carbocycles. The Kier molecular flexibility index (Phi) is 4.58. The Hall–Kier alpha value is -1.76. The molecule has 2 aliphatic rings. The first-order chi connectivity index (χ1) is 12.1. The molecule has 1 amide bonds. The van der Waals surface area contributed by atoms with Crippen LogP contribution in [0.4, 0.5) is 5.69 Å². The van der Waals surface area contributed by atoms with Crippen LogP contribution in [0.3, 0.4) is 0 Å². The minimum absolute atomic E-state index is 0.159. The molecule has 1 saturated heterocycles. The Labute approximate surface area is 162 Å². The van der Waals surface area contributed by atoms with Gasteiger partial charge in [0, 0.05) is 10.9 Å². The second-order valence-corrected chi connectivity index (χ2v) is 7.90. The maximum atomic E-state index is 12.2. The molecule has 0 spiro atoms. The van der Waals surface area contributed by atoms with E-state index in [4.69, 9.17) is 16.3 Å². The zero-order valence-corrected chi connectivity index (χ0v) is 16.0. The van der Waals surface area contributed by atoms with Crippen molar-refractivity contribution < 1.29 is 9.53 Å². The summed E-state index contributed by atoms with van der Waals surface area (Å²) in [7, 11) is 0. The quantitative estimate of drug-likeness (QED) is 0.681. The topological polar surface area (TPSA) is 50.7 Å². The van der Waals surface area contributed by atoms with Gasteiger partial charge in [-0.3, -0.25) is 4.79 Å². The number of amidine groups is 1. The van der Waals surface area contributed by atoms with E-state index in [-0.39, 0.29) is 5.91 Å². The molecule has 0 atom stereocenters. The molecular formula is C18H12BrClN2O2S. The molecule has 25 heavy (non-hydrogen) atoms. The number of aliphatic imine (C=N–C) groups is 1. The summed E-state index contributed by atoms with van der Waals surface area (Å²) in [4.78, 5) is 17.2. The molecule has 2 aromatic rings. The fourth-order valence-electron chi connectivity index (χ4n) is 2.61. The first-order valence-corrected chi connectivity index (χ1v) is 9.57. The van der Waals surface area contributed by atoms with Gasteiger partial charge in [0.1, 0.15) is 5.75 Å². The fraction of sp³-hybridized carbons (Fsp3) is 0.111. The normalized spacial score (nSPS) is 19.2. The smallest absolute Gasteiger partial charge is 0.264 e. The van der Waals surface area contributed by atoms with Crippen LogP contribution in [0, 0.1) is 0 Å². The van der Waals surface area contributed by atoms with E-state index in [9.17, 15) is 4.79 Å². The summed E-state index contributed by atoms with van der Waals surface area (Å²) >= 11 is 10.8. The van der Waals surface area contributed by atoms with E-state index in [0.29, 0.717) is 20.8 Å². The number of fused-ring (bicyclic) bond motifs is 1. The number of rotatable bonds is 2. The Bertz CT molecular complexity index is 943. The van der Waals surface area contributed by atoms with Gasteiger partial charge in [-0.25, -0.2) is 4.99 Å². The lowest BCUT2D eigenvalue weighted by Crippen LogP contribution is -2.19. The molecule has 1 fully saturated rings. The van der Waals surface area contributed by atoms with Crippen molar-refractivity contribution in [2.24, 2.45) is 4.99 Å². The zero-order chi connectivity index (χ0) is 17.4. The fourth-order valence-corrected chi connectivity index (χ4v) is 4.16. The van der Waals surface area contributed by atoms with Gasteiger partial charge in [0.2, 0.25) is 0 Å². The van der Waals surface area contributed by atoms with Crippen LogP contribution in [-0.4, -0.2) is 17.7 Å². The van der Waals surface area contributed by atoms with Crippen molar-refractivity contribution in [2.75, 3.05) is 6.61 Å². The summed E-state index contributed by atoms with van der Waals surface area (Å²) in [5, 5.41) is 3.82. The zero-order valence-electron chi connectivity index (χ0n) is 12.9. The Morgan fingerprint density at radius 1 is 1.28 bits per heavy atom. The second kappa shape index (κ2) is 6.86. The third kappa shape index (κ3) is 3.61. The van der Waals surface area contributed by atoms with Crippen molar-refractivity contribution in [3.05, 3.63) is 61.9 Å². The number of carbonyl (C=O) groups excluding carboxylic acids is 1. The summed E-state index contributed by atoms with van der Waals surface area (Å²) in [6.45, 7) is 0.718.